The van der Waals surface area contributed by atoms with Crippen LogP contribution < -0.4 is 4.74 Å². The highest BCUT2D eigenvalue weighted by Crippen LogP contribution is 2.27. The normalized spacial score (nSPS) is 11.1. The summed E-state index contributed by atoms with van der Waals surface area (Å²) in [6.45, 7) is 3.20. The van der Waals surface area contributed by atoms with Gasteiger partial charge in [0.1, 0.15) is 11.5 Å². The number of oxazole rings is 1. The van der Waals surface area contributed by atoms with Gasteiger partial charge in [0.25, 0.3) is 0 Å². The van der Waals surface area contributed by atoms with Crippen LogP contribution >= 0.6 is 0 Å². The first-order valence-electron chi connectivity index (χ1n) is 10.6. The molecule has 0 aliphatic rings. The fourth-order valence-electron chi connectivity index (χ4n) is 3.70. The van der Waals surface area contributed by atoms with Crippen LogP contribution in [-0.4, -0.2) is 27.2 Å². The monoisotopic (exact) mass is 418 g/mol. The van der Waals surface area contributed by atoms with Crippen molar-refractivity contribution < 1.29 is 19.1 Å². The smallest absolute Gasteiger partial charge is 0.303 e. The molecule has 0 aliphatic heterocycles. The maximum atomic E-state index is 10.7. The molecular weight excluding hydrogens is 392 g/mol. The Bertz CT molecular complexity index is 1160. The van der Waals surface area contributed by atoms with E-state index in [0.717, 1.165) is 46.5 Å². The minimum atomic E-state index is -0.765. The number of hydrogen-bond acceptors (Lipinski definition) is 4. The highest BCUT2D eigenvalue weighted by Gasteiger charge is 2.12. The van der Waals surface area contributed by atoms with Gasteiger partial charge in [-0.1, -0.05) is 24.3 Å². The Hall–Kier alpha value is -3.54. The van der Waals surface area contributed by atoms with E-state index in [1.165, 1.54) is 0 Å². The number of aliphatic carboxylic acids is 1. The molecular formula is C25H26N2O4. The number of ether oxygens (including phenoxy) is 1. The number of fused-ring (bicyclic) bond motifs is 1. The molecule has 0 atom stereocenters. The van der Waals surface area contributed by atoms with Gasteiger partial charge in [-0.2, -0.15) is 0 Å². The Morgan fingerprint density at radius 3 is 2.74 bits per heavy atom. The fourth-order valence-corrected chi connectivity index (χ4v) is 3.70. The van der Waals surface area contributed by atoms with E-state index < -0.39 is 5.97 Å². The number of rotatable bonds is 10. The second-order valence-corrected chi connectivity index (χ2v) is 7.54. The van der Waals surface area contributed by atoms with Crippen molar-refractivity contribution >= 4 is 16.9 Å². The Kier molecular flexibility index (Phi) is 6.36. The van der Waals surface area contributed by atoms with Gasteiger partial charge in [0.05, 0.1) is 17.8 Å². The summed E-state index contributed by atoms with van der Waals surface area (Å²) in [5, 5.41) is 9.88. The zero-order valence-electron chi connectivity index (χ0n) is 17.6. The van der Waals surface area contributed by atoms with Crippen LogP contribution in [0.1, 0.15) is 30.7 Å². The molecule has 0 bridgehead atoms. The Balaban J connectivity index is 1.34. The van der Waals surface area contributed by atoms with Crippen LogP contribution in [0.4, 0.5) is 0 Å². The summed E-state index contributed by atoms with van der Waals surface area (Å²) in [6.07, 6.45) is 4.38. The minimum Gasteiger partial charge on any atom is -0.493 e. The van der Waals surface area contributed by atoms with Crippen molar-refractivity contribution in [3.05, 3.63) is 72.2 Å². The fraction of sp³-hybridized carbons (Fsp3) is 0.280. The quantitative estimate of drug-likeness (QED) is 0.345. The van der Waals surface area contributed by atoms with Crippen molar-refractivity contribution in [3.8, 4) is 17.2 Å². The number of nitrogens with zero attached hydrogens (tertiary/aromatic N) is 2. The second kappa shape index (κ2) is 9.51. The Labute approximate surface area is 181 Å². The summed E-state index contributed by atoms with van der Waals surface area (Å²) in [4.78, 5) is 15.4. The van der Waals surface area contributed by atoms with Crippen molar-refractivity contribution in [1.82, 2.24) is 9.55 Å². The standard InChI is InChI=1S/C25H26N2O4/c1-18-21(26-25(31-18)19-8-3-2-4-9-19)10-7-17-30-23-12-5-11-22-20(23)14-16-27(22)15-6-13-24(28)29/h2-5,8-9,11-12,14,16H,6-7,10,13,15,17H2,1H3,(H,28,29). The molecule has 0 aliphatic carbocycles. The van der Waals surface area contributed by atoms with Crippen molar-refractivity contribution in [2.75, 3.05) is 6.61 Å². The summed E-state index contributed by atoms with van der Waals surface area (Å²) in [5.74, 6) is 1.58. The largest absolute Gasteiger partial charge is 0.493 e. The summed E-state index contributed by atoms with van der Waals surface area (Å²) < 4.78 is 14.0. The van der Waals surface area contributed by atoms with Crippen molar-refractivity contribution in [2.45, 2.75) is 39.2 Å². The first-order valence-corrected chi connectivity index (χ1v) is 10.6. The van der Waals surface area contributed by atoms with E-state index in [9.17, 15) is 4.79 Å². The lowest BCUT2D eigenvalue weighted by molar-refractivity contribution is -0.137. The summed E-state index contributed by atoms with van der Waals surface area (Å²) in [7, 11) is 0. The molecule has 2 aromatic carbocycles. The summed E-state index contributed by atoms with van der Waals surface area (Å²) in [5.41, 5.74) is 3.00. The number of benzene rings is 2. The van der Waals surface area contributed by atoms with Crippen LogP contribution in [0.2, 0.25) is 0 Å². The zero-order valence-corrected chi connectivity index (χ0v) is 17.6. The average Bonchev–Trinajstić information content (AvgIpc) is 3.36. The molecule has 6 nitrogen and oxygen atoms in total. The average molecular weight is 418 g/mol. The third-order valence-corrected chi connectivity index (χ3v) is 5.29. The molecule has 0 unspecified atom stereocenters. The predicted octanol–water partition coefficient (Wildman–Crippen LogP) is 5.48. The van der Waals surface area contributed by atoms with Gasteiger partial charge in [0.15, 0.2) is 0 Å². The lowest BCUT2D eigenvalue weighted by atomic mass is 10.2. The van der Waals surface area contributed by atoms with E-state index in [0.29, 0.717) is 25.5 Å². The van der Waals surface area contributed by atoms with Crippen LogP contribution in [0.15, 0.2) is 65.2 Å². The molecule has 4 aromatic rings. The van der Waals surface area contributed by atoms with E-state index in [1.807, 2.05) is 67.7 Å². The molecule has 4 rings (SSSR count). The van der Waals surface area contributed by atoms with E-state index in [1.54, 1.807) is 0 Å². The van der Waals surface area contributed by atoms with E-state index in [4.69, 9.17) is 14.3 Å². The number of aromatic nitrogens is 2. The number of hydrogen-bond donors (Lipinski definition) is 1. The Morgan fingerprint density at radius 1 is 1.10 bits per heavy atom. The molecule has 160 valence electrons. The molecule has 1 N–H and O–H groups in total. The van der Waals surface area contributed by atoms with E-state index in [-0.39, 0.29) is 6.42 Å². The van der Waals surface area contributed by atoms with Crippen LogP contribution in [0.3, 0.4) is 0 Å². The molecule has 6 heteroatoms. The van der Waals surface area contributed by atoms with Crippen molar-refractivity contribution in [3.63, 3.8) is 0 Å². The molecule has 0 amide bonds. The number of carboxylic acid groups (broad SMARTS) is 1. The third kappa shape index (κ3) is 4.97. The predicted molar refractivity (Wildman–Crippen MR) is 119 cm³/mol. The highest BCUT2D eigenvalue weighted by molar-refractivity contribution is 5.86. The van der Waals surface area contributed by atoms with Gasteiger partial charge < -0.3 is 18.8 Å². The van der Waals surface area contributed by atoms with E-state index >= 15 is 0 Å². The van der Waals surface area contributed by atoms with Gasteiger partial charge in [-0.25, -0.2) is 4.98 Å². The Morgan fingerprint density at radius 2 is 1.94 bits per heavy atom. The first kappa shape index (κ1) is 20.7. The number of carboxylic acids is 1. The maximum Gasteiger partial charge on any atom is 0.303 e. The molecule has 0 spiro atoms. The molecule has 31 heavy (non-hydrogen) atoms. The SMILES string of the molecule is Cc1oc(-c2ccccc2)nc1CCCOc1cccc2c1ccn2CCCC(=O)O. The highest BCUT2D eigenvalue weighted by atomic mass is 16.5. The zero-order chi connectivity index (χ0) is 21.6. The van der Waals surface area contributed by atoms with Crippen LogP contribution in [0, 0.1) is 6.92 Å². The van der Waals surface area contributed by atoms with E-state index in [2.05, 4.69) is 9.55 Å². The molecule has 0 saturated carbocycles. The molecule has 0 radical (unpaired) electrons. The molecule has 2 aromatic heterocycles. The lowest BCUT2D eigenvalue weighted by Gasteiger charge is -2.09. The van der Waals surface area contributed by atoms with Crippen LogP contribution in [0.5, 0.6) is 5.75 Å². The maximum absolute atomic E-state index is 10.7. The number of carbonyl (C=O) groups is 1. The van der Waals surface area contributed by atoms with Gasteiger partial charge >= 0.3 is 5.97 Å². The third-order valence-electron chi connectivity index (χ3n) is 5.29. The lowest BCUT2D eigenvalue weighted by Crippen LogP contribution is -2.02. The van der Waals surface area contributed by atoms with Gasteiger partial charge in [0.2, 0.25) is 5.89 Å². The summed E-state index contributed by atoms with van der Waals surface area (Å²) >= 11 is 0. The summed E-state index contributed by atoms with van der Waals surface area (Å²) in [6, 6.07) is 17.9. The van der Waals surface area contributed by atoms with Crippen LogP contribution in [-0.2, 0) is 17.8 Å². The van der Waals surface area contributed by atoms with Gasteiger partial charge in [-0.15, -0.1) is 0 Å². The van der Waals surface area contributed by atoms with Crippen molar-refractivity contribution in [2.24, 2.45) is 0 Å². The van der Waals surface area contributed by atoms with Crippen molar-refractivity contribution in [1.29, 1.82) is 0 Å². The topological polar surface area (TPSA) is 77.5 Å². The second-order valence-electron chi connectivity index (χ2n) is 7.54. The van der Waals surface area contributed by atoms with Gasteiger partial charge in [-0.3, -0.25) is 4.79 Å². The molecule has 2 heterocycles. The molecule has 0 fully saturated rings. The minimum absolute atomic E-state index is 0.170. The van der Waals surface area contributed by atoms with Gasteiger partial charge in [-0.05, 0) is 56.5 Å². The molecule has 0 saturated heterocycles. The van der Waals surface area contributed by atoms with Crippen LogP contribution in [0.25, 0.3) is 22.4 Å². The number of aryl methyl sites for hydroxylation is 3. The first-order chi connectivity index (χ1) is 15.1. The van der Waals surface area contributed by atoms with Gasteiger partial charge in [0, 0.05) is 30.1 Å².